The summed E-state index contributed by atoms with van der Waals surface area (Å²) >= 11 is 9.51. The third-order valence-electron chi connectivity index (χ3n) is 2.64. The molecule has 0 aliphatic rings. The van der Waals surface area contributed by atoms with Crippen LogP contribution in [0.25, 0.3) is 0 Å². The smallest absolute Gasteiger partial charge is 0.136 e. The highest BCUT2D eigenvalue weighted by atomic mass is 79.9. The molecule has 0 aliphatic heterocycles. The van der Waals surface area contributed by atoms with Crippen molar-refractivity contribution in [3.8, 4) is 0 Å². The van der Waals surface area contributed by atoms with E-state index in [1.54, 1.807) is 0 Å². The first-order valence-corrected chi connectivity index (χ1v) is 7.63. The minimum Gasteiger partial charge on any atom is -0.370 e. The van der Waals surface area contributed by atoms with Crippen LogP contribution in [0.2, 0.25) is 5.02 Å². The van der Waals surface area contributed by atoms with E-state index in [-0.39, 0.29) is 0 Å². The van der Waals surface area contributed by atoms with E-state index in [4.69, 9.17) is 11.6 Å². The van der Waals surface area contributed by atoms with E-state index in [9.17, 15) is 0 Å². The standard InChI is InChI=1S/C14H16BrClN4/c1-3-12-19-13(17-4-2)8-14(20-12)18-11-7-9(16)5-6-10(11)15/h5-8H,3-4H2,1-2H3,(H2,17,18,19,20). The van der Waals surface area contributed by atoms with E-state index in [1.165, 1.54) is 0 Å². The molecule has 0 radical (unpaired) electrons. The van der Waals surface area contributed by atoms with E-state index >= 15 is 0 Å². The summed E-state index contributed by atoms with van der Waals surface area (Å²) < 4.78 is 0.934. The monoisotopic (exact) mass is 354 g/mol. The number of anilines is 3. The van der Waals surface area contributed by atoms with Crippen LogP contribution in [0.3, 0.4) is 0 Å². The summed E-state index contributed by atoms with van der Waals surface area (Å²) in [7, 11) is 0. The average molecular weight is 356 g/mol. The number of nitrogens with zero attached hydrogens (tertiary/aromatic N) is 2. The van der Waals surface area contributed by atoms with Gasteiger partial charge < -0.3 is 10.6 Å². The van der Waals surface area contributed by atoms with Gasteiger partial charge in [0.15, 0.2) is 0 Å². The summed E-state index contributed by atoms with van der Waals surface area (Å²) in [4.78, 5) is 8.90. The van der Waals surface area contributed by atoms with Crippen molar-refractivity contribution in [2.24, 2.45) is 0 Å². The number of rotatable bonds is 5. The fourth-order valence-corrected chi connectivity index (χ4v) is 2.24. The molecule has 0 bridgehead atoms. The zero-order valence-corrected chi connectivity index (χ0v) is 13.7. The van der Waals surface area contributed by atoms with Crippen LogP contribution < -0.4 is 10.6 Å². The maximum absolute atomic E-state index is 6.02. The van der Waals surface area contributed by atoms with E-state index in [2.05, 4.69) is 36.5 Å². The van der Waals surface area contributed by atoms with Gasteiger partial charge in [0.2, 0.25) is 0 Å². The number of hydrogen-bond acceptors (Lipinski definition) is 4. The van der Waals surface area contributed by atoms with Crippen LogP contribution in [-0.2, 0) is 6.42 Å². The van der Waals surface area contributed by atoms with Gasteiger partial charge >= 0.3 is 0 Å². The van der Waals surface area contributed by atoms with E-state index < -0.39 is 0 Å². The highest BCUT2D eigenvalue weighted by Gasteiger charge is 2.06. The van der Waals surface area contributed by atoms with Crippen molar-refractivity contribution in [3.05, 3.63) is 39.6 Å². The predicted octanol–water partition coefficient (Wildman–Crippen LogP) is 4.63. The number of benzene rings is 1. The molecule has 0 fully saturated rings. The van der Waals surface area contributed by atoms with Gasteiger partial charge in [-0.2, -0.15) is 0 Å². The van der Waals surface area contributed by atoms with E-state index in [0.29, 0.717) is 5.02 Å². The molecule has 4 nitrogen and oxygen atoms in total. The van der Waals surface area contributed by atoms with E-state index in [0.717, 1.165) is 40.6 Å². The Morgan fingerprint density at radius 3 is 2.60 bits per heavy atom. The molecule has 2 N–H and O–H groups in total. The van der Waals surface area contributed by atoms with Gasteiger partial charge in [0.05, 0.1) is 5.69 Å². The van der Waals surface area contributed by atoms with Crippen LogP contribution >= 0.6 is 27.5 Å². The van der Waals surface area contributed by atoms with Crippen molar-refractivity contribution in [2.75, 3.05) is 17.2 Å². The third-order valence-corrected chi connectivity index (χ3v) is 3.56. The molecule has 1 aromatic carbocycles. The highest BCUT2D eigenvalue weighted by molar-refractivity contribution is 9.10. The van der Waals surface area contributed by atoms with Crippen molar-refractivity contribution in [2.45, 2.75) is 20.3 Å². The lowest BCUT2D eigenvalue weighted by Gasteiger charge is -2.11. The van der Waals surface area contributed by atoms with Crippen LogP contribution in [0, 0.1) is 0 Å². The molecular formula is C14H16BrClN4. The molecule has 0 spiro atoms. The summed E-state index contributed by atoms with van der Waals surface area (Å²) in [6, 6.07) is 7.47. The number of aryl methyl sites for hydroxylation is 1. The van der Waals surface area contributed by atoms with Gasteiger partial charge in [-0.15, -0.1) is 0 Å². The van der Waals surface area contributed by atoms with Gasteiger partial charge in [0.25, 0.3) is 0 Å². The Hall–Kier alpha value is -1.33. The second kappa shape index (κ2) is 6.90. The first-order valence-electron chi connectivity index (χ1n) is 6.46. The summed E-state index contributed by atoms with van der Waals surface area (Å²) in [6.45, 7) is 4.89. The number of halogens is 2. The minimum atomic E-state index is 0.673. The molecule has 6 heteroatoms. The molecule has 0 saturated heterocycles. The van der Waals surface area contributed by atoms with Crippen molar-refractivity contribution in [1.82, 2.24) is 9.97 Å². The molecule has 1 heterocycles. The number of aromatic nitrogens is 2. The number of nitrogens with one attached hydrogen (secondary N) is 2. The van der Waals surface area contributed by atoms with Crippen LogP contribution in [-0.4, -0.2) is 16.5 Å². The summed E-state index contributed by atoms with van der Waals surface area (Å²) in [5.74, 6) is 2.36. The maximum atomic E-state index is 6.02. The molecule has 0 aliphatic carbocycles. The zero-order valence-electron chi connectivity index (χ0n) is 11.4. The SMILES string of the molecule is CCNc1cc(Nc2cc(Cl)ccc2Br)nc(CC)n1. The predicted molar refractivity (Wildman–Crippen MR) is 88.0 cm³/mol. The van der Waals surface area contributed by atoms with Crippen LogP contribution in [0.15, 0.2) is 28.7 Å². The lowest BCUT2D eigenvalue weighted by Crippen LogP contribution is -2.05. The summed E-state index contributed by atoms with van der Waals surface area (Å²) in [5.41, 5.74) is 0.876. The molecular weight excluding hydrogens is 340 g/mol. The lowest BCUT2D eigenvalue weighted by molar-refractivity contribution is 0.939. The average Bonchev–Trinajstić information content (AvgIpc) is 2.43. The van der Waals surface area contributed by atoms with Gasteiger partial charge in [-0.1, -0.05) is 18.5 Å². The highest BCUT2D eigenvalue weighted by Crippen LogP contribution is 2.28. The summed E-state index contributed by atoms with van der Waals surface area (Å²) in [6.07, 6.45) is 0.782. The molecule has 2 rings (SSSR count). The first kappa shape index (κ1) is 15.1. The third kappa shape index (κ3) is 3.84. The Labute approximate surface area is 132 Å². The van der Waals surface area contributed by atoms with Crippen LogP contribution in [0.5, 0.6) is 0 Å². The van der Waals surface area contributed by atoms with Crippen LogP contribution in [0.1, 0.15) is 19.7 Å². The topological polar surface area (TPSA) is 49.8 Å². The largest absolute Gasteiger partial charge is 0.370 e. The Balaban J connectivity index is 2.32. The molecule has 0 saturated carbocycles. The Morgan fingerprint density at radius 2 is 1.90 bits per heavy atom. The fraction of sp³-hybridized carbons (Fsp3) is 0.286. The van der Waals surface area contributed by atoms with Crippen molar-refractivity contribution in [3.63, 3.8) is 0 Å². The minimum absolute atomic E-state index is 0.673. The normalized spacial score (nSPS) is 10.4. The van der Waals surface area contributed by atoms with Crippen molar-refractivity contribution >= 4 is 44.9 Å². The quantitative estimate of drug-likeness (QED) is 0.821. The van der Waals surface area contributed by atoms with Gasteiger partial charge in [-0.25, -0.2) is 9.97 Å². The molecule has 1 aromatic heterocycles. The Morgan fingerprint density at radius 1 is 1.15 bits per heavy atom. The van der Waals surface area contributed by atoms with Crippen molar-refractivity contribution in [1.29, 1.82) is 0 Å². The van der Waals surface area contributed by atoms with Gasteiger partial charge in [-0.3, -0.25) is 0 Å². The Kier molecular flexibility index (Phi) is 5.20. The molecule has 0 atom stereocenters. The lowest BCUT2D eigenvalue weighted by atomic mass is 10.3. The molecule has 20 heavy (non-hydrogen) atoms. The number of hydrogen-bond donors (Lipinski definition) is 2. The first-order chi connectivity index (χ1) is 9.62. The van der Waals surface area contributed by atoms with E-state index in [1.807, 2.05) is 38.1 Å². The second-order valence-corrected chi connectivity index (χ2v) is 5.48. The van der Waals surface area contributed by atoms with Gasteiger partial charge in [0.1, 0.15) is 17.5 Å². The second-order valence-electron chi connectivity index (χ2n) is 4.19. The fourth-order valence-electron chi connectivity index (χ4n) is 1.72. The van der Waals surface area contributed by atoms with Gasteiger partial charge in [0, 0.05) is 28.5 Å². The molecule has 106 valence electrons. The molecule has 0 unspecified atom stereocenters. The maximum Gasteiger partial charge on any atom is 0.136 e. The summed E-state index contributed by atoms with van der Waals surface area (Å²) in [5, 5.41) is 7.14. The van der Waals surface area contributed by atoms with Crippen molar-refractivity contribution < 1.29 is 0 Å². The molecule has 0 amide bonds. The van der Waals surface area contributed by atoms with Gasteiger partial charge in [-0.05, 0) is 41.1 Å². The molecule has 2 aromatic rings. The van der Waals surface area contributed by atoms with Crippen LogP contribution in [0.4, 0.5) is 17.3 Å². The zero-order chi connectivity index (χ0) is 14.5. The Bertz CT molecular complexity index is 604.